The Morgan fingerprint density at radius 1 is 1.28 bits per heavy atom. The molecule has 1 fully saturated rings. The van der Waals surface area contributed by atoms with Gasteiger partial charge in [0, 0.05) is 4.88 Å². The second-order valence-corrected chi connectivity index (χ2v) is 5.97. The van der Waals surface area contributed by atoms with Gasteiger partial charge < -0.3 is 4.90 Å². The molecule has 0 atom stereocenters. The number of nitrogens with zero attached hydrogens (tertiary/aromatic N) is 1. The normalized spacial score (nSPS) is 17.9. The molecule has 0 unspecified atom stereocenters. The lowest BCUT2D eigenvalue weighted by atomic mass is 9.95. The molecule has 4 heteroatoms. The van der Waals surface area contributed by atoms with Crippen molar-refractivity contribution in [1.29, 1.82) is 0 Å². The molecule has 0 bridgehead atoms. The predicted octanol–water partition coefficient (Wildman–Crippen LogP) is 4.43. The van der Waals surface area contributed by atoms with Gasteiger partial charge in [0.25, 0.3) is 0 Å². The summed E-state index contributed by atoms with van der Waals surface area (Å²) in [6.07, 6.45) is 2.40. The van der Waals surface area contributed by atoms with Crippen molar-refractivity contribution in [2.75, 3.05) is 20.1 Å². The van der Waals surface area contributed by atoms with Gasteiger partial charge >= 0.3 is 0 Å². The summed E-state index contributed by atoms with van der Waals surface area (Å²) >= 11 is 1.64. The molecular formula is C14H17BrFNS. The van der Waals surface area contributed by atoms with Gasteiger partial charge in [-0.05, 0) is 56.4 Å². The van der Waals surface area contributed by atoms with Crippen molar-refractivity contribution in [1.82, 2.24) is 4.90 Å². The van der Waals surface area contributed by atoms with E-state index in [1.165, 1.54) is 17.7 Å². The summed E-state index contributed by atoms with van der Waals surface area (Å²) in [6, 6.07) is 7.53. The van der Waals surface area contributed by atoms with E-state index >= 15 is 0 Å². The van der Waals surface area contributed by atoms with Crippen molar-refractivity contribution in [3.05, 3.63) is 35.0 Å². The van der Waals surface area contributed by atoms with Crippen LogP contribution in [0, 0.1) is 5.82 Å². The smallest absolute Gasteiger partial charge is 0.140 e. The number of halogens is 2. The van der Waals surface area contributed by atoms with E-state index < -0.39 is 0 Å². The van der Waals surface area contributed by atoms with Gasteiger partial charge in [0.2, 0.25) is 0 Å². The van der Waals surface area contributed by atoms with Gasteiger partial charge in [-0.2, -0.15) is 0 Å². The standard InChI is InChI=1S/C14H16FNS.BrH/c1-16-7-5-10(6-8-16)13-9-11-3-2-4-12(15)14(11)17-13;/h2-4,9-10H,5-8H2,1H3;1H. The first kappa shape index (κ1) is 14.0. The van der Waals surface area contributed by atoms with Crippen LogP contribution in [0.3, 0.4) is 0 Å². The summed E-state index contributed by atoms with van der Waals surface area (Å²) in [6.45, 7) is 2.31. The fraction of sp³-hybridized carbons (Fsp3) is 0.429. The van der Waals surface area contributed by atoms with Gasteiger partial charge in [0.15, 0.2) is 0 Å². The van der Waals surface area contributed by atoms with Crippen LogP contribution in [0.5, 0.6) is 0 Å². The highest BCUT2D eigenvalue weighted by Crippen LogP contribution is 2.36. The van der Waals surface area contributed by atoms with Crippen LogP contribution in [-0.2, 0) is 0 Å². The molecule has 2 aromatic rings. The molecule has 0 saturated carbocycles. The van der Waals surface area contributed by atoms with Crippen LogP contribution in [0.1, 0.15) is 23.6 Å². The average molecular weight is 330 g/mol. The van der Waals surface area contributed by atoms with Gasteiger partial charge in [-0.3, -0.25) is 0 Å². The van der Waals surface area contributed by atoms with Crippen LogP contribution < -0.4 is 0 Å². The molecule has 1 aromatic heterocycles. The Hall–Kier alpha value is -0.450. The zero-order chi connectivity index (χ0) is 11.8. The predicted molar refractivity (Wildman–Crippen MR) is 81.6 cm³/mol. The topological polar surface area (TPSA) is 3.24 Å². The molecule has 0 amide bonds. The molecule has 1 aliphatic rings. The molecule has 0 N–H and O–H groups in total. The van der Waals surface area contributed by atoms with Gasteiger partial charge in [-0.25, -0.2) is 4.39 Å². The molecule has 1 aliphatic heterocycles. The third kappa shape index (κ3) is 2.60. The summed E-state index contributed by atoms with van der Waals surface area (Å²) < 4.78 is 14.5. The number of fused-ring (bicyclic) bond motifs is 1. The molecule has 1 aromatic carbocycles. The minimum absolute atomic E-state index is 0. The Morgan fingerprint density at radius 3 is 2.67 bits per heavy atom. The van der Waals surface area contributed by atoms with Crippen molar-refractivity contribution >= 4 is 38.4 Å². The molecular weight excluding hydrogens is 313 g/mol. The van der Waals surface area contributed by atoms with Gasteiger partial charge in [0.05, 0.1) is 4.70 Å². The summed E-state index contributed by atoms with van der Waals surface area (Å²) in [5.74, 6) is 0.551. The third-order valence-corrected chi connectivity index (χ3v) is 4.96. The number of hydrogen-bond donors (Lipinski definition) is 0. The maximum atomic E-state index is 13.6. The fourth-order valence-corrected chi connectivity index (χ4v) is 3.78. The Labute approximate surface area is 121 Å². The molecule has 0 spiro atoms. The van der Waals surface area contributed by atoms with E-state index in [4.69, 9.17) is 0 Å². The largest absolute Gasteiger partial charge is 0.306 e. The molecule has 18 heavy (non-hydrogen) atoms. The molecule has 0 radical (unpaired) electrons. The summed E-state index contributed by atoms with van der Waals surface area (Å²) in [7, 11) is 2.17. The highest BCUT2D eigenvalue weighted by molar-refractivity contribution is 8.93. The summed E-state index contributed by atoms with van der Waals surface area (Å²) in [4.78, 5) is 3.72. The second-order valence-electron chi connectivity index (χ2n) is 4.88. The first-order chi connectivity index (χ1) is 8.24. The maximum absolute atomic E-state index is 13.6. The highest BCUT2D eigenvalue weighted by Gasteiger charge is 2.20. The van der Waals surface area contributed by atoms with E-state index in [1.54, 1.807) is 23.5 Å². The maximum Gasteiger partial charge on any atom is 0.140 e. The number of likely N-dealkylation sites (tertiary alicyclic amines) is 1. The number of benzene rings is 1. The van der Waals surface area contributed by atoms with Crippen LogP contribution in [0.15, 0.2) is 24.3 Å². The van der Waals surface area contributed by atoms with Crippen LogP contribution >= 0.6 is 28.3 Å². The second kappa shape index (κ2) is 5.68. The molecule has 2 heterocycles. The molecule has 3 rings (SSSR count). The zero-order valence-corrected chi connectivity index (χ0v) is 12.9. The third-order valence-electron chi connectivity index (χ3n) is 3.64. The monoisotopic (exact) mass is 329 g/mol. The zero-order valence-electron chi connectivity index (χ0n) is 10.4. The highest BCUT2D eigenvalue weighted by atomic mass is 79.9. The SMILES string of the molecule is Br.CN1CCC(c2cc3cccc(F)c3s2)CC1. The van der Waals surface area contributed by atoms with Crippen molar-refractivity contribution in [3.8, 4) is 0 Å². The Balaban J connectivity index is 0.00000120. The van der Waals surface area contributed by atoms with E-state index in [2.05, 4.69) is 18.0 Å². The minimum Gasteiger partial charge on any atom is -0.306 e. The number of hydrogen-bond acceptors (Lipinski definition) is 2. The van der Waals surface area contributed by atoms with Crippen molar-refractivity contribution in [2.24, 2.45) is 0 Å². The van der Waals surface area contributed by atoms with Crippen molar-refractivity contribution in [3.63, 3.8) is 0 Å². The van der Waals surface area contributed by atoms with Crippen LogP contribution in [0.4, 0.5) is 4.39 Å². The number of piperidine rings is 1. The lowest BCUT2D eigenvalue weighted by Gasteiger charge is -2.28. The lowest BCUT2D eigenvalue weighted by molar-refractivity contribution is 0.257. The van der Waals surface area contributed by atoms with Crippen LogP contribution in [-0.4, -0.2) is 25.0 Å². The quantitative estimate of drug-likeness (QED) is 0.748. The molecule has 1 saturated heterocycles. The number of rotatable bonds is 1. The van der Waals surface area contributed by atoms with E-state index in [1.807, 2.05) is 6.07 Å². The van der Waals surface area contributed by atoms with Crippen LogP contribution in [0.25, 0.3) is 10.1 Å². The molecule has 0 aliphatic carbocycles. The Morgan fingerprint density at radius 2 is 2.00 bits per heavy atom. The number of thiophene rings is 1. The minimum atomic E-state index is -0.0772. The van der Waals surface area contributed by atoms with Crippen LogP contribution in [0.2, 0.25) is 0 Å². The summed E-state index contributed by atoms with van der Waals surface area (Å²) in [5.41, 5.74) is 0. The first-order valence-electron chi connectivity index (χ1n) is 6.10. The first-order valence-corrected chi connectivity index (χ1v) is 6.92. The van der Waals surface area contributed by atoms with E-state index in [-0.39, 0.29) is 22.8 Å². The van der Waals surface area contributed by atoms with E-state index in [9.17, 15) is 4.39 Å². The van der Waals surface area contributed by atoms with Crippen molar-refractivity contribution in [2.45, 2.75) is 18.8 Å². The van der Waals surface area contributed by atoms with Gasteiger partial charge in [0.1, 0.15) is 5.82 Å². The van der Waals surface area contributed by atoms with E-state index in [0.29, 0.717) is 5.92 Å². The Kier molecular flexibility index (Phi) is 4.41. The van der Waals surface area contributed by atoms with Crippen molar-refractivity contribution < 1.29 is 4.39 Å². The van der Waals surface area contributed by atoms with E-state index in [0.717, 1.165) is 23.2 Å². The Bertz CT molecular complexity index is 532. The molecule has 1 nitrogen and oxygen atoms in total. The lowest BCUT2D eigenvalue weighted by Crippen LogP contribution is -2.28. The fourth-order valence-electron chi connectivity index (χ4n) is 2.54. The summed E-state index contributed by atoms with van der Waals surface area (Å²) in [5, 5.41) is 1.06. The van der Waals surface area contributed by atoms with Gasteiger partial charge in [-0.15, -0.1) is 28.3 Å². The van der Waals surface area contributed by atoms with Gasteiger partial charge in [-0.1, -0.05) is 12.1 Å². The average Bonchev–Trinajstić information content (AvgIpc) is 2.75. The molecule has 98 valence electrons.